The van der Waals surface area contributed by atoms with Crippen LogP contribution in [0.2, 0.25) is 0 Å². The van der Waals surface area contributed by atoms with Gasteiger partial charge in [0, 0.05) is 37.4 Å². The monoisotopic (exact) mass is 236 g/mol. The summed E-state index contributed by atoms with van der Waals surface area (Å²) < 4.78 is 2.18. The minimum atomic E-state index is -0.149. The highest BCUT2D eigenvalue weighted by Gasteiger charge is 2.27. The van der Waals surface area contributed by atoms with Crippen molar-refractivity contribution in [1.29, 1.82) is 0 Å². The molecule has 0 spiro atoms. The Morgan fingerprint density at radius 2 is 2.47 bits per heavy atom. The third-order valence-electron chi connectivity index (χ3n) is 3.15. The maximum absolute atomic E-state index is 11.8. The third kappa shape index (κ3) is 2.85. The van der Waals surface area contributed by atoms with Gasteiger partial charge in [0.25, 0.3) is 0 Å². The predicted molar refractivity (Wildman–Crippen MR) is 65.4 cm³/mol. The Kier molecular flexibility index (Phi) is 3.78. The van der Waals surface area contributed by atoms with E-state index >= 15 is 0 Å². The lowest BCUT2D eigenvalue weighted by atomic mass is 10.0. The van der Waals surface area contributed by atoms with Gasteiger partial charge >= 0.3 is 0 Å². The van der Waals surface area contributed by atoms with Crippen LogP contribution in [0, 0.1) is 5.92 Å². The second kappa shape index (κ2) is 5.31. The van der Waals surface area contributed by atoms with Crippen molar-refractivity contribution in [2.45, 2.75) is 32.2 Å². The molecule has 1 aliphatic rings. The van der Waals surface area contributed by atoms with Crippen LogP contribution in [0.3, 0.4) is 0 Å². The van der Waals surface area contributed by atoms with Crippen LogP contribution in [-0.4, -0.2) is 28.5 Å². The first-order valence-corrected chi connectivity index (χ1v) is 6.24. The summed E-state index contributed by atoms with van der Waals surface area (Å²) in [5, 5.41) is 2.82. The SMILES string of the molecule is CCNC(=O)C(CN)Cc1cncn1C1CC1. The van der Waals surface area contributed by atoms with Gasteiger partial charge in [-0.2, -0.15) is 0 Å². The average Bonchev–Trinajstić information content (AvgIpc) is 3.06. The Hall–Kier alpha value is -1.36. The Morgan fingerprint density at radius 3 is 3.06 bits per heavy atom. The zero-order chi connectivity index (χ0) is 12.3. The molecule has 1 saturated carbocycles. The van der Waals surface area contributed by atoms with Gasteiger partial charge in [0.2, 0.25) is 5.91 Å². The van der Waals surface area contributed by atoms with Crippen molar-refractivity contribution in [3.05, 3.63) is 18.2 Å². The highest BCUT2D eigenvalue weighted by Crippen LogP contribution is 2.35. The van der Waals surface area contributed by atoms with E-state index in [1.165, 1.54) is 12.8 Å². The number of nitrogens with one attached hydrogen (secondary N) is 1. The van der Waals surface area contributed by atoms with Crippen molar-refractivity contribution in [3.63, 3.8) is 0 Å². The van der Waals surface area contributed by atoms with E-state index in [2.05, 4.69) is 14.9 Å². The maximum atomic E-state index is 11.8. The molecule has 5 nitrogen and oxygen atoms in total. The Labute approximate surface area is 101 Å². The standard InChI is InChI=1S/C12H20N4O/c1-2-15-12(17)9(6-13)5-11-7-14-8-16(11)10-3-4-10/h7-10H,2-6,13H2,1H3,(H,15,17). The van der Waals surface area contributed by atoms with Crippen molar-refractivity contribution >= 4 is 5.91 Å². The summed E-state index contributed by atoms with van der Waals surface area (Å²) in [7, 11) is 0. The highest BCUT2D eigenvalue weighted by atomic mass is 16.1. The van der Waals surface area contributed by atoms with Crippen LogP contribution in [0.5, 0.6) is 0 Å². The molecule has 1 aromatic heterocycles. The minimum Gasteiger partial charge on any atom is -0.356 e. The van der Waals surface area contributed by atoms with Gasteiger partial charge < -0.3 is 15.6 Å². The minimum absolute atomic E-state index is 0.0403. The summed E-state index contributed by atoms with van der Waals surface area (Å²) in [4.78, 5) is 15.9. The molecule has 1 atom stereocenters. The predicted octanol–water partition coefficient (Wildman–Crippen LogP) is 0.472. The molecule has 0 bridgehead atoms. The molecule has 5 heteroatoms. The van der Waals surface area contributed by atoms with Crippen LogP contribution < -0.4 is 11.1 Å². The molecule has 1 fully saturated rings. The lowest BCUT2D eigenvalue weighted by Crippen LogP contribution is -2.36. The lowest BCUT2D eigenvalue weighted by Gasteiger charge is -2.15. The van der Waals surface area contributed by atoms with Gasteiger partial charge in [0.05, 0.1) is 12.2 Å². The fourth-order valence-corrected chi connectivity index (χ4v) is 2.03. The van der Waals surface area contributed by atoms with E-state index in [1.54, 1.807) is 0 Å². The summed E-state index contributed by atoms with van der Waals surface area (Å²) >= 11 is 0. The van der Waals surface area contributed by atoms with Crippen LogP contribution in [0.1, 0.15) is 31.5 Å². The van der Waals surface area contributed by atoms with Crippen molar-refractivity contribution in [2.75, 3.05) is 13.1 Å². The summed E-state index contributed by atoms with van der Waals surface area (Å²) in [6, 6.07) is 0.597. The number of nitrogens with two attached hydrogens (primary N) is 1. The molecule has 17 heavy (non-hydrogen) atoms. The Bertz CT molecular complexity index is 384. The first-order valence-electron chi connectivity index (χ1n) is 6.24. The fraction of sp³-hybridized carbons (Fsp3) is 0.667. The molecule has 1 aromatic rings. The summed E-state index contributed by atoms with van der Waals surface area (Å²) in [6.07, 6.45) is 6.83. The van der Waals surface area contributed by atoms with Gasteiger partial charge in [0.1, 0.15) is 0 Å². The molecule has 1 unspecified atom stereocenters. The molecule has 1 amide bonds. The molecule has 3 N–H and O–H groups in total. The molecule has 0 aromatic carbocycles. The van der Waals surface area contributed by atoms with Gasteiger partial charge in [-0.25, -0.2) is 4.98 Å². The van der Waals surface area contributed by atoms with Crippen molar-refractivity contribution in [1.82, 2.24) is 14.9 Å². The molecule has 1 aliphatic carbocycles. The number of rotatable bonds is 6. The highest BCUT2D eigenvalue weighted by molar-refractivity contribution is 5.79. The molecule has 0 radical (unpaired) electrons. The molecule has 94 valence electrons. The largest absolute Gasteiger partial charge is 0.356 e. The lowest BCUT2D eigenvalue weighted by molar-refractivity contribution is -0.124. The normalized spacial score (nSPS) is 16.8. The smallest absolute Gasteiger partial charge is 0.224 e. The number of imidazole rings is 1. The number of hydrogen-bond acceptors (Lipinski definition) is 3. The van der Waals surface area contributed by atoms with E-state index in [0.29, 0.717) is 25.6 Å². The number of aromatic nitrogens is 2. The fourth-order valence-electron chi connectivity index (χ4n) is 2.03. The van der Waals surface area contributed by atoms with Crippen LogP contribution in [0.25, 0.3) is 0 Å². The van der Waals surface area contributed by atoms with Gasteiger partial charge in [0.15, 0.2) is 0 Å². The van der Waals surface area contributed by atoms with Crippen LogP contribution in [0.15, 0.2) is 12.5 Å². The molecule has 1 heterocycles. The van der Waals surface area contributed by atoms with Gasteiger partial charge in [-0.1, -0.05) is 0 Å². The average molecular weight is 236 g/mol. The first-order chi connectivity index (χ1) is 8.26. The molecule has 2 rings (SSSR count). The van der Waals surface area contributed by atoms with Gasteiger partial charge in [-0.3, -0.25) is 4.79 Å². The quantitative estimate of drug-likeness (QED) is 0.754. The van der Waals surface area contributed by atoms with Crippen molar-refractivity contribution < 1.29 is 4.79 Å². The van der Waals surface area contributed by atoms with Gasteiger partial charge in [-0.15, -0.1) is 0 Å². The van der Waals surface area contributed by atoms with Crippen LogP contribution in [-0.2, 0) is 11.2 Å². The van der Waals surface area contributed by atoms with Crippen molar-refractivity contribution in [3.8, 4) is 0 Å². The second-order valence-electron chi connectivity index (χ2n) is 4.55. The van der Waals surface area contributed by atoms with E-state index in [-0.39, 0.29) is 11.8 Å². The third-order valence-corrected chi connectivity index (χ3v) is 3.15. The summed E-state index contributed by atoms with van der Waals surface area (Å²) in [5.74, 6) is -0.109. The number of hydrogen-bond donors (Lipinski definition) is 2. The number of carbonyl (C=O) groups is 1. The molecular weight excluding hydrogens is 216 g/mol. The van der Waals surface area contributed by atoms with E-state index in [4.69, 9.17) is 5.73 Å². The van der Waals surface area contributed by atoms with Crippen LogP contribution >= 0.6 is 0 Å². The number of carbonyl (C=O) groups excluding carboxylic acids is 1. The van der Waals surface area contributed by atoms with Crippen molar-refractivity contribution in [2.24, 2.45) is 11.7 Å². The second-order valence-corrected chi connectivity index (χ2v) is 4.55. The molecular formula is C12H20N4O. The number of nitrogens with zero attached hydrogens (tertiary/aromatic N) is 2. The summed E-state index contributed by atoms with van der Waals surface area (Å²) in [5.41, 5.74) is 6.79. The van der Waals surface area contributed by atoms with E-state index in [0.717, 1.165) is 5.69 Å². The Morgan fingerprint density at radius 1 is 1.71 bits per heavy atom. The van der Waals surface area contributed by atoms with Crippen LogP contribution in [0.4, 0.5) is 0 Å². The topological polar surface area (TPSA) is 72.9 Å². The van der Waals surface area contributed by atoms with Gasteiger partial charge in [-0.05, 0) is 19.8 Å². The zero-order valence-corrected chi connectivity index (χ0v) is 10.2. The van der Waals surface area contributed by atoms with E-state index in [1.807, 2.05) is 19.4 Å². The first kappa shape index (κ1) is 12.1. The Balaban J connectivity index is 2.01. The molecule has 0 aliphatic heterocycles. The van der Waals surface area contributed by atoms with E-state index in [9.17, 15) is 4.79 Å². The zero-order valence-electron chi connectivity index (χ0n) is 10.2. The van der Waals surface area contributed by atoms with E-state index < -0.39 is 0 Å². The maximum Gasteiger partial charge on any atom is 0.224 e. The summed E-state index contributed by atoms with van der Waals surface area (Å²) in [6.45, 7) is 2.94. The number of amides is 1. The molecule has 0 saturated heterocycles.